The summed E-state index contributed by atoms with van der Waals surface area (Å²) in [5.74, 6) is -1.20. The number of carbonyl (C=O) groups excluding carboxylic acids is 2. The van der Waals surface area contributed by atoms with Crippen molar-refractivity contribution in [3.63, 3.8) is 0 Å². The number of benzene rings is 2. The van der Waals surface area contributed by atoms with Crippen LogP contribution in [0.3, 0.4) is 0 Å². The lowest BCUT2D eigenvalue weighted by Crippen LogP contribution is -2.31. The fourth-order valence-electron chi connectivity index (χ4n) is 3.55. The van der Waals surface area contributed by atoms with Gasteiger partial charge in [-0.15, -0.1) is 0 Å². The van der Waals surface area contributed by atoms with Crippen LogP contribution in [0.25, 0.3) is 0 Å². The van der Waals surface area contributed by atoms with Crippen molar-refractivity contribution in [3.05, 3.63) is 82.7 Å². The highest BCUT2D eigenvalue weighted by molar-refractivity contribution is 6.21. The number of amides is 2. The highest BCUT2D eigenvalue weighted by Gasteiger charge is 2.36. The molecular formula is C21H19FN2O2. The Bertz CT molecular complexity index is 857. The first-order valence-electron chi connectivity index (χ1n) is 8.71. The molecule has 1 saturated heterocycles. The van der Waals surface area contributed by atoms with Gasteiger partial charge >= 0.3 is 0 Å². The summed E-state index contributed by atoms with van der Waals surface area (Å²) in [7, 11) is 0. The van der Waals surface area contributed by atoms with Crippen molar-refractivity contribution in [2.75, 3.05) is 19.6 Å². The highest BCUT2D eigenvalue weighted by atomic mass is 19.1. The van der Waals surface area contributed by atoms with Crippen LogP contribution in [-0.4, -0.2) is 41.2 Å². The lowest BCUT2D eigenvalue weighted by atomic mass is 10.1. The highest BCUT2D eigenvalue weighted by Crippen LogP contribution is 2.27. The summed E-state index contributed by atoms with van der Waals surface area (Å²) < 4.78 is 14.7. The van der Waals surface area contributed by atoms with Crippen molar-refractivity contribution in [1.29, 1.82) is 0 Å². The van der Waals surface area contributed by atoms with Gasteiger partial charge in [0.2, 0.25) is 0 Å². The molecule has 2 heterocycles. The van der Waals surface area contributed by atoms with Gasteiger partial charge in [-0.3, -0.25) is 19.4 Å². The van der Waals surface area contributed by atoms with E-state index < -0.39 is 11.8 Å². The zero-order chi connectivity index (χ0) is 18.1. The molecular weight excluding hydrogens is 331 g/mol. The van der Waals surface area contributed by atoms with Gasteiger partial charge in [-0.25, -0.2) is 4.39 Å². The molecule has 0 aromatic heterocycles. The molecule has 5 heteroatoms. The summed E-state index contributed by atoms with van der Waals surface area (Å²) in [6.07, 6.45) is 0.627. The van der Waals surface area contributed by atoms with Crippen LogP contribution in [-0.2, 0) is 6.54 Å². The Kier molecular flexibility index (Phi) is 4.39. The topological polar surface area (TPSA) is 40.6 Å². The smallest absolute Gasteiger partial charge is 0.261 e. The predicted molar refractivity (Wildman–Crippen MR) is 96.3 cm³/mol. The van der Waals surface area contributed by atoms with Crippen LogP contribution in [0, 0.1) is 0 Å². The van der Waals surface area contributed by atoms with Gasteiger partial charge in [0.05, 0.1) is 17.7 Å². The van der Waals surface area contributed by atoms with Crippen LogP contribution in [0.2, 0.25) is 0 Å². The van der Waals surface area contributed by atoms with Crippen molar-refractivity contribution in [1.82, 2.24) is 9.80 Å². The Morgan fingerprint density at radius 3 is 2.19 bits per heavy atom. The standard InChI is InChI=1S/C21H19FN2O2/c22-19(14-24-20(25)17-8-4-5-9-18(17)21(24)26)16-10-11-23(13-16)12-15-6-2-1-3-7-15/h1-9H,10-14H2. The number of hydrogen-bond acceptors (Lipinski definition) is 3. The molecule has 0 atom stereocenters. The lowest BCUT2D eigenvalue weighted by Gasteiger charge is -2.15. The van der Waals surface area contributed by atoms with E-state index in [1.807, 2.05) is 18.2 Å². The maximum Gasteiger partial charge on any atom is 0.261 e. The quantitative estimate of drug-likeness (QED) is 0.794. The summed E-state index contributed by atoms with van der Waals surface area (Å²) in [6, 6.07) is 16.7. The maximum atomic E-state index is 14.7. The lowest BCUT2D eigenvalue weighted by molar-refractivity contribution is 0.0659. The molecule has 0 unspecified atom stereocenters. The van der Waals surface area contributed by atoms with Gasteiger partial charge in [-0.1, -0.05) is 42.5 Å². The van der Waals surface area contributed by atoms with Crippen molar-refractivity contribution in [2.24, 2.45) is 0 Å². The van der Waals surface area contributed by atoms with Gasteiger partial charge in [-0.2, -0.15) is 0 Å². The first-order chi connectivity index (χ1) is 12.6. The fourth-order valence-corrected chi connectivity index (χ4v) is 3.55. The SMILES string of the molecule is O=C1c2ccccc2C(=O)N1CC(F)=C1CCN(Cc2ccccc2)C1. The number of hydrogen-bond donors (Lipinski definition) is 0. The maximum absolute atomic E-state index is 14.7. The first kappa shape index (κ1) is 16.7. The number of carbonyl (C=O) groups is 2. The minimum absolute atomic E-state index is 0.277. The van der Waals surface area contributed by atoms with Gasteiger partial charge in [0.15, 0.2) is 0 Å². The van der Waals surface area contributed by atoms with E-state index in [1.165, 1.54) is 5.56 Å². The van der Waals surface area contributed by atoms with E-state index in [2.05, 4.69) is 17.0 Å². The van der Waals surface area contributed by atoms with Gasteiger partial charge in [0.1, 0.15) is 5.83 Å². The third-order valence-electron chi connectivity index (χ3n) is 4.95. The fraction of sp³-hybridized carbons (Fsp3) is 0.238. The second-order valence-electron chi connectivity index (χ2n) is 6.70. The zero-order valence-electron chi connectivity index (χ0n) is 14.3. The molecule has 0 N–H and O–H groups in total. The molecule has 2 aliphatic rings. The number of rotatable bonds is 4. The van der Waals surface area contributed by atoms with E-state index in [4.69, 9.17) is 0 Å². The summed E-state index contributed by atoms with van der Waals surface area (Å²) in [5.41, 5.74) is 2.58. The Morgan fingerprint density at radius 1 is 0.923 bits per heavy atom. The summed E-state index contributed by atoms with van der Waals surface area (Å²) >= 11 is 0. The average molecular weight is 350 g/mol. The first-order valence-corrected chi connectivity index (χ1v) is 8.71. The molecule has 26 heavy (non-hydrogen) atoms. The van der Waals surface area contributed by atoms with Gasteiger partial charge < -0.3 is 0 Å². The van der Waals surface area contributed by atoms with E-state index in [0.717, 1.165) is 18.0 Å². The van der Waals surface area contributed by atoms with Crippen molar-refractivity contribution < 1.29 is 14.0 Å². The molecule has 4 nitrogen and oxygen atoms in total. The molecule has 0 aliphatic carbocycles. The van der Waals surface area contributed by atoms with Crippen LogP contribution in [0.5, 0.6) is 0 Å². The van der Waals surface area contributed by atoms with Crippen molar-refractivity contribution in [3.8, 4) is 0 Å². The van der Waals surface area contributed by atoms with Crippen molar-refractivity contribution in [2.45, 2.75) is 13.0 Å². The third kappa shape index (κ3) is 3.06. The van der Waals surface area contributed by atoms with Crippen LogP contribution < -0.4 is 0 Å². The Balaban J connectivity index is 1.44. The monoisotopic (exact) mass is 350 g/mol. The molecule has 132 valence electrons. The second kappa shape index (κ2) is 6.84. The van der Waals surface area contributed by atoms with Gasteiger partial charge in [0, 0.05) is 19.6 Å². The molecule has 2 amide bonds. The van der Waals surface area contributed by atoms with Crippen LogP contribution in [0.1, 0.15) is 32.7 Å². The van der Waals surface area contributed by atoms with Gasteiger partial charge in [0.25, 0.3) is 11.8 Å². The molecule has 2 aromatic rings. The minimum Gasteiger partial charge on any atom is -0.295 e. The average Bonchev–Trinajstić information content (AvgIpc) is 3.22. The Morgan fingerprint density at radius 2 is 1.54 bits per heavy atom. The number of likely N-dealkylation sites (tertiary alicyclic amines) is 1. The van der Waals surface area contributed by atoms with Crippen molar-refractivity contribution >= 4 is 11.8 Å². The Hall–Kier alpha value is -2.79. The molecule has 4 rings (SSSR count). The Labute approximate surface area is 151 Å². The molecule has 0 bridgehead atoms. The van der Waals surface area contributed by atoms with Crippen LogP contribution >= 0.6 is 0 Å². The normalized spacial score (nSPS) is 19.2. The summed E-state index contributed by atoms with van der Waals surface area (Å²) in [4.78, 5) is 27.9. The molecule has 2 aliphatic heterocycles. The third-order valence-corrected chi connectivity index (χ3v) is 4.95. The van der Waals surface area contributed by atoms with E-state index in [-0.39, 0.29) is 12.4 Å². The van der Waals surface area contributed by atoms with E-state index in [0.29, 0.717) is 29.7 Å². The minimum atomic E-state index is -0.416. The summed E-state index contributed by atoms with van der Waals surface area (Å²) in [6.45, 7) is 1.80. The largest absolute Gasteiger partial charge is 0.295 e. The number of fused-ring (bicyclic) bond motifs is 1. The summed E-state index contributed by atoms with van der Waals surface area (Å²) in [5, 5.41) is 0. The second-order valence-corrected chi connectivity index (χ2v) is 6.70. The molecule has 0 spiro atoms. The molecule has 2 aromatic carbocycles. The van der Waals surface area contributed by atoms with Crippen LogP contribution in [0.15, 0.2) is 66.0 Å². The van der Waals surface area contributed by atoms with Gasteiger partial charge in [-0.05, 0) is 29.7 Å². The van der Waals surface area contributed by atoms with E-state index in [1.54, 1.807) is 24.3 Å². The van der Waals surface area contributed by atoms with E-state index in [9.17, 15) is 14.0 Å². The molecule has 1 fully saturated rings. The zero-order valence-corrected chi connectivity index (χ0v) is 14.3. The number of halogens is 1. The molecule has 0 saturated carbocycles. The number of imide groups is 1. The van der Waals surface area contributed by atoms with E-state index >= 15 is 0 Å². The molecule has 0 radical (unpaired) electrons. The predicted octanol–water partition coefficient (Wildman–Crippen LogP) is 3.41. The van der Waals surface area contributed by atoms with Crippen LogP contribution in [0.4, 0.5) is 4.39 Å². The number of nitrogens with zero attached hydrogens (tertiary/aromatic N) is 2.